The molecule has 0 spiro atoms. The Balaban J connectivity index is 2.03. The molecule has 2 aromatic rings. The van der Waals surface area contributed by atoms with Gasteiger partial charge in [-0.05, 0) is 18.1 Å². The first kappa shape index (κ1) is 24.9. The number of hydrogen-bond donors (Lipinski definition) is 2. The maximum Gasteiger partial charge on any atom is 0.379 e. The molecule has 0 heterocycles. The summed E-state index contributed by atoms with van der Waals surface area (Å²) < 4.78 is 44.1. The van der Waals surface area contributed by atoms with E-state index in [1.54, 1.807) is 24.3 Å². The van der Waals surface area contributed by atoms with Gasteiger partial charge in [0.2, 0.25) is 0 Å². The Hall–Kier alpha value is -2.39. The zero-order chi connectivity index (χ0) is 22.7. The summed E-state index contributed by atoms with van der Waals surface area (Å²) in [5, 5.41) is 20.8. The molecule has 8 heteroatoms. The largest absolute Gasteiger partial charge is 0.461 e. The summed E-state index contributed by atoms with van der Waals surface area (Å²) in [6.45, 7) is 0.615. The minimum absolute atomic E-state index is 0.0899. The van der Waals surface area contributed by atoms with Crippen LogP contribution in [0.25, 0.3) is 0 Å². The Kier molecular flexibility index (Phi) is 10.00. The van der Waals surface area contributed by atoms with E-state index < -0.39 is 36.6 Å². The molecule has 2 N–H and O–H groups in total. The molecule has 2 rings (SSSR count). The van der Waals surface area contributed by atoms with Crippen molar-refractivity contribution in [2.75, 3.05) is 19.8 Å². The number of carbonyl (C=O) groups is 1. The lowest BCUT2D eigenvalue weighted by atomic mass is 9.92. The lowest BCUT2D eigenvalue weighted by molar-refractivity contribution is -0.204. The fourth-order valence-electron chi connectivity index (χ4n) is 2.91. The Morgan fingerprint density at radius 2 is 1.39 bits per heavy atom. The molecule has 0 aliphatic heterocycles. The third kappa shape index (κ3) is 7.66. The lowest BCUT2D eigenvalue weighted by Gasteiger charge is -2.31. The number of carbonyl (C=O) groups excluding carboxylic acids is 1. The zero-order valence-electron chi connectivity index (χ0n) is 17.3. The minimum atomic E-state index is -4.21. The second-order valence-electron chi connectivity index (χ2n) is 7.02. The van der Waals surface area contributed by atoms with Crippen LogP contribution in [0.5, 0.6) is 0 Å². The molecule has 0 aliphatic rings. The summed E-state index contributed by atoms with van der Waals surface area (Å²) in [5.74, 6) is -7.55. The van der Waals surface area contributed by atoms with Crippen LogP contribution in [0.4, 0.5) is 8.78 Å². The number of ether oxygens (including phenoxy) is 3. The van der Waals surface area contributed by atoms with Crippen molar-refractivity contribution in [3.05, 3.63) is 71.8 Å². The second kappa shape index (κ2) is 12.5. The summed E-state index contributed by atoms with van der Waals surface area (Å²) in [6.07, 6.45) is -4.02. The molecular weight excluding hydrogens is 410 g/mol. The highest BCUT2D eigenvalue weighted by atomic mass is 19.3. The van der Waals surface area contributed by atoms with Crippen molar-refractivity contribution in [3.8, 4) is 0 Å². The summed E-state index contributed by atoms with van der Waals surface area (Å²) in [6, 6.07) is 18.1. The molecule has 170 valence electrons. The van der Waals surface area contributed by atoms with E-state index in [4.69, 9.17) is 9.47 Å². The molecule has 0 bridgehead atoms. The quantitative estimate of drug-likeness (QED) is 0.468. The Labute approximate surface area is 180 Å². The molecule has 0 radical (unpaired) electrons. The number of esters is 1. The molecule has 31 heavy (non-hydrogen) atoms. The van der Waals surface area contributed by atoms with Gasteiger partial charge in [-0.15, -0.1) is 0 Å². The van der Waals surface area contributed by atoms with Crippen LogP contribution >= 0.6 is 0 Å². The minimum Gasteiger partial charge on any atom is -0.461 e. The van der Waals surface area contributed by atoms with E-state index in [9.17, 15) is 23.8 Å². The van der Waals surface area contributed by atoms with Crippen molar-refractivity contribution in [1.29, 1.82) is 0 Å². The Morgan fingerprint density at radius 3 is 1.87 bits per heavy atom. The van der Waals surface area contributed by atoms with E-state index in [0.29, 0.717) is 0 Å². The third-order valence-electron chi connectivity index (χ3n) is 4.64. The fourth-order valence-corrected chi connectivity index (χ4v) is 2.91. The standard InChI is InChI=1S/C23H28F2O6/c1-2-31-22(28)23(24,25)21(27)19(15-29-13-17-9-5-3-6-10-17)20(26)16-30-14-18-11-7-4-8-12-18/h3-12,19-21,26-27H,2,13-16H2,1H3/t19-,20-,21+/m1/s1. The molecule has 0 aromatic heterocycles. The van der Waals surface area contributed by atoms with Gasteiger partial charge < -0.3 is 24.4 Å². The molecule has 3 atom stereocenters. The molecule has 0 fully saturated rings. The lowest BCUT2D eigenvalue weighted by Crippen LogP contribution is -2.52. The SMILES string of the molecule is CCOC(=O)C(F)(F)[C@@H](O)[C@H](COCc1ccccc1)[C@H](O)COCc1ccccc1. The highest BCUT2D eigenvalue weighted by Crippen LogP contribution is 2.29. The van der Waals surface area contributed by atoms with Gasteiger partial charge in [-0.25, -0.2) is 4.79 Å². The summed E-state index contributed by atoms with van der Waals surface area (Å²) >= 11 is 0. The number of hydrogen-bond acceptors (Lipinski definition) is 6. The van der Waals surface area contributed by atoms with E-state index in [0.717, 1.165) is 11.1 Å². The van der Waals surface area contributed by atoms with Crippen molar-refractivity contribution >= 4 is 5.97 Å². The highest BCUT2D eigenvalue weighted by molar-refractivity contribution is 5.78. The zero-order valence-corrected chi connectivity index (χ0v) is 17.3. The van der Waals surface area contributed by atoms with Crippen LogP contribution in [-0.2, 0) is 32.2 Å². The van der Waals surface area contributed by atoms with Gasteiger partial charge in [0, 0.05) is 5.92 Å². The van der Waals surface area contributed by atoms with Crippen LogP contribution in [0, 0.1) is 5.92 Å². The van der Waals surface area contributed by atoms with Crippen LogP contribution in [-0.4, -0.2) is 54.1 Å². The molecule has 0 aliphatic carbocycles. The van der Waals surface area contributed by atoms with Gasteiger partial charge in [0.25, 0.3) is 0 Å². The van der Waals surface area contributed by atoms with Gasteiger partial charge in [-0.1, -0.05) is 60.7 Å². The van der Waals surface area contributed by atoms with Crippen LogP contribution in [0.15, 0.2) is 60.7 Å². The summed E-state index contributed by atoms with van der Waals surface area (Å²) in [7, 11) is 0. The smallest absolute Gasteiger partial charge is 0.379 e. The van der Waals surface area contributed by atoms with E-state index in [-0.39, 0.29) is 26.4 Å². The van der Waals surface area contributed by atoms with E-state index in [1.165, 1.54) is 6.92 Å². The van der Waals surface area contributed by atoms with Crippen LogP contribution < -0.4 is 0 Å². The second-order valence-corrected chi connectivity index (χ2v) is 7.02. The average molecular weight is 438 g/mol. The number of aliphatic hydroxyl groups excluding tert-OH is 2. The van der Waals surface area contributed by atoms with E-state index in [2.05, 4.69) is 4.74 Å². The van der Waals surface area contributed by atoms with E-state index >= 15 is 0 Å². The molecular formula is C23H28F2O6. The maximum absolute atomic E-state index is 14.4. The van der Waals surface area contributed by atoms with Crippen molar-refractivity contribution in [1.82, 2.24) is 0 Å². The predicted octanol–water partition coefficient (Wildman–Crippen LogP) is 2.96. The molecule has 0 amide bonds. The van der Waals surface area contributed by atoms with Gasteiger partial charge >= 0.3 is 11.9 Å². The van der Waals surface area contributed by atoms with Crippen molar-refractivity contribution in [2.45, 2.75) is 38.3 Å². The van der Waals surface area contributed by atoms with Crippen molar-refractivity contribution < 1.29 is 38.0 Å². The number of halogens is 2. The van der Waals surface area contributed by atoms with Gasteiger partial charge in [-0.2, -0.15) is 8.78 Å². The predicted molar refractivity (Wildman–Crippen MR) is 109 cm³/mol. The molecule has 0 saturated heterocycles. The number of rotatable bonds is 13. The molecule has 6 nitrogen and oxygen atoms in total. The van der Waals surface area contributed by atoms with Crippen LogP contribution in [0.3, 0.4) is 0 Å². The average Bonchev–Trinajstić information content (AvgIpc) is 2.77. The third-order valence-corrected chi connectivity index (χ3v) is 4.64. The van der Waals surface area contributed by atoms with Crippen LogP contribution in [0.2, 0.25) is 0 Å². The maximum atomic E-state index is 14.4. The Bertz CT molecular complexity index is 772. The van der Waals surface area contributed by atoms with Crippen LogP contribution in [0.1, 0.15) is 18.1 Å². The number of aliphatic hydroxyl groups is 2. The van der Waals surface area contributed by atoms with Gasteiger partial charge in [0.15, 0.2) is 0 Å². The highest BCUT2D eigenvalue weighted by Gasteiger charge is 2.53. The van der Waals surface area contributed by atoms with E-state index in [1.807, 2.05) is 36.4 Å². The van der Waals surface area contributed by atoms with Gasteiger partial charge in [0.05, 0.1) is 39.1 Å². The first-order valence-electron chi connectivity index (χ1n) is 10.0. The first-order valence-corrected chi connectivity index (χ1v) is 10.0. The number of benzene rings is 2. The van der Waals surface area contributed by atoms with Crippen molar-refractivity contribution in [3.63, 3.8) is 0 Å². The summed E-state index contributed by atoms with van der Waals surface area (Å²) in [5.41, 5.74) is 1.63. The first-order chi connectivity index (χ1) is 14.9. The summed E-state index contributed by atoms with van der Waals surface area (Å²) in [4.78, 5) is 11.6. The molecule has 0 saturated carbocycles. The Morgan fingerprint density at radius 1 is 0.903 bits per heavy atom. The number of alkyl halides is 2. The van der Waals surface area contributed by atoms with Gasteiger partial charge in [0.1, 0.15) is 6.10 Å². The molecule has 2 aromatic carbocycles. The normalized spacial score (nSPS) is 14.6. The van der Waals surface area contributed by atoms with Crippen molar-refractivity contribution in [2.24, 2.45) is 5.92 Å². The topological polar surface area (TPSA) is 85.2 Å². The fraction of sp³-hybridized carbons (Fsp3) is 0.435. The van der Waals surface area contributed by atoms with Gasteiger partial charge in [-0.3, -0.25) is 0 Å². The monoisotopic (exact) mass is 438 g/mol. The molecule has 0 unspecified atom stereocenters.